The van der Waals surface area contributed by atoms with Gasteiger partial charge < -0.3 is 9.47 Å². The van der Waals surface area contributed by atoms with Gasteiger partial charge in [-0.05, 0) is 23.3 Å². The predicted octanol–water partition coefficient (Wildman–Crippen LogP) is 3.43. The third kappa shape index (κ3) is 3.41. The summed E-state index contributed by atoms with van der Waals surface area (Å²) in [6.07, 6.45) is 3.54. The van der Waals surface area contributed by atoms with Gasteiger partial charge in [-0.15, -0.1) is 0 Å². The van der Waals surface area contributed by atoms with Crippen molar-refractivity contribution in [2.45, 2.75) is 0 Å². The molecule has 0 bridgehead atoms. The maximum Gasteiger partial charge on any atom is 0.338 e. The summed E-state index contributed by atoms with van der Waals surface area (Å²) in [6, 6.07) is 14.2. The minimum Gasteiger partial charge on any atom is -0.465 e. The van der Waals surface area contributed by atoms with Gasteiger partial charge in [0.25, 0.3) is 0 Å². The third-order valence-corrected chi connectivity index (χ3v) is 3.17. The van der Waals surface area contributed by atoms with Crippen LogP contribution in [0, 0.1) is 0 Å². The smallest absolute Gasteiger partial charge is 0.338 e. The summed E-state index contributed by atoms with van der Waals surface area (Å²) in [5, 5.41) is 0. The summed E-state index contributed by atoms with van der Waals surface area (Å²) < 4.78 is 9.52. The van der Waals surface area contributed by atoms with E-state index in [1.54, 1.807) is 36.4 Å². The van der Waals surface area contributed by atoms with E-state index in [9.17, 15) is 9.59 Å². The average molecular weight is 296 g/mol. The van der Waals surface area contributed by atoms with E-state index in [0.717, 1.165) is 0 Å². The Morgan fingerprint density at radius 1 is 0.727 bits per heavy atom. The van der Waals surface area contributed by atoms with Crippen LogP contribution in [0.15, 0.2) is 48.5 Å². The Morgan fingerprint density at radius 3 is 1.45 bits per heavy atom. The highest BCUT2D eigenvalue weighted by molar-refractivity contribution is 5.97. The lowest BCUT2D eigenvalue weighted by molar-refractivity contribution is 0.0591. The summed E-state index contributed by atoms with van der Waals surface area (Å²) in [5.41, 5.74) is 2.37. The van der Waals surface area contributed by atoms with E-state index < -0.39 is 11.9 Å². The molecule has 4 heteroatoms. The highest BCUT2D eigenvalue weighted by Gasteiger charge is 2.10. The van der Waals surface area contributed by atoms with Gasteiger partial charge in [-0.25, -0.2) is 9.59 Å². The Hall–Kier alpha value is -2.88. The van der Waals surface area contributed by atoms with E-state index in [2.05, 4.69) is 0 Å². The van der Waals surface area contributed by atoms with Crippen LogP contribution in [-0.4, -0.2) is 26.2 Å². The Morgan fingerprint density at radius 2 is 1.09 bits per heavy atom. The second kappa shape index (κ2) is 7.22. The molecule has 0 saturated carbocycles. The van der Waals surface area contributed by atoms with Crippen molar-refractivity contribution in [2.75, 3.05) is 14.2 Å². The fourth-order valence-electron chi connectivity index (χ4n) is 2.06. The van der Waals surface area contributed by atoms with E-state index >= 15 is 0 Å². The molecule has 0 fully saturated rings. The molecule has 0 unspecified atom stereocenters. The molecule has 0 atom stereocenters. The van der Waals surface area contributed by atoms with Gasteiger partial charge in [-0.3, -0.25) is 0 Å². The van der Waals surface area contributed by atoms with Crippen LogP contribution in [0.2, 0.25) is 0 Å². The molecule has 0 amide bonds. The lowest BCUT2D eigenvalue weighted by Crippen LogP contribution is -2.04. The van der Waals surface area contributed by atoms with Gasteiger partial charge in [0.15, 0.2) is 0 Å². The monoisotopic (exact) mass is 296 g/mol. The first-order chi connectivity index (χ1) is 10.7. The Balaban J connectivity index is 2.38. The van der Waals surface area contributed by atoms with E-state index in [1.807, 2.05) is 24.3 Å². The van der Waals surface area contributed by atoms with Crippen molar-refractivity contribution in [3.05, 3.63) is 70.8 Å². The zero-order valence-electron chi connectivity index (χ0n) is 12.4. The second-order valence-electron chi connectivity index (χ2n) is 4.49. The van der Waals surface area contributed by atoms with E-state index in [0.29, 0.717) is 22.3 Å². The summed E-state index contributed by atoms with van der Waals surface area (Å²) in [6.45, 7) is 0. The van der Waals surface area contributed by atoms with Crippen molar-refractivity contribution >= 4 is 24.1 Å². The van der Waals surface area contributed by atoms with Crippen LogP contribution in [0.5, 0.6) is 0 Å². The van der Waals surface area contributed by atoms with Crippen LogP contribution in [0.4, 0.5) is 0 Å². The molecular formula is C18H16O4. The molecule has 0 aliphatic rings. The molecule has 0 aliphatic heterocycles. The zero-order chi connectivity index (χ0) is 15.9. The van der Waals surface area contributed by atoms with Crippen LogP contribution >= 0.6 is 0 Å². The highest BCUT2D eigenvalue weighted by Crippen LogP contribution is 2.17. The maximum atomic E-state index is 11.7. The molecule has 2 rings (SSSR count). The minimum absolute atomic E-state index is 0.401. The summed E-state index contributed by atoms with van der Waals surface area (Å²) in [7, 11) is 2.69. The van der Waals surface area contributed by atoms with Gasteiger partial charge in [-0.1, -0.05) is 48.6 Å². The largest absolute Gasteiger partial charge is 0.465 e. The number of carbonyl (C=O) groups is 2. The van der Waals surface area contributed by atoms with Crippen molar-refractivity contribution in [2.24, 2.45) is 0 Å². The number of ether oxygens (including phenoxy) is 2. The number of hydrogen-bond acceptors (Lipinski definition) is 4. The molecule has 0 aliphatic carbocycles. The van der Waals surface area contributed by atoms with Crippen molar-refractivity contribution in [3.8, 4) is 0 Å². The summed E-state index contributed by atoms with van der Waals surface area (Å²) >= 11 is 0. The summed E-state index contributed by atoms with van der Waals surface area (Å²) in [4.78, 5) is 23.5. The van der Waals surface area contributed by atoms with Gasteiger partial charge in [0.1, 0.15) is 0 Å². The van der Waals surface area contributed by atoms with Crippen LogP contribution in [-0.2, 0) is 9.47 Å². The standard InChI is InChI=1S/C18H16O4/c1-21-17(19)15-9-5-3-7-13(15)11-12-14-8-4-6-10-16(14)18(20)22-2/h3-12H,1-2H3/b12-11+. The Bertz CT molecular complexity index is 655. The molecule has 0 radical (unpaired) electrons. The van der Waals surface area contributed by atoms with Crippen LogP contribution in [0.25, 0.3) is 12.2 Å². The molecule has 4 nitrogen and oxygen atoms in total. The van der Waals surface area contributed by atoms with E-state index in [-0.39, 0.29) is 0 Å². The molecule has 0 N–H and O–H groups in total. The van der Waals surface area contributed by atoms with Gasteiger partial charge in [-0.2, -0.15) is 0 Å². The number of hydrogen-bond donors (Lipinski definition) is 0. The average Bonchev–Trinajstić information content (AvgIpc) is 2.59. The van der Waals surface area contributed by atoms with Gasteiger partial charge in [0, 0.05) is 0 Å². The quantitative estimate of drug-likeness (QED) is 0.640. The van der Waals surface area contributed by atoms with Gasteiger partial charge in [0.2, 0.25) is 0 Å². The normalized spacial score (nSPS) is 10.5. The lowest BCUT2D eigenvalue weighted by Gasteiger charge is -2.05. The Labute approximate surface area is 129 Å². The molecular weight excluding hydrogens is 280 g/mol. The second-order valence-corrected chi connectivity index (χ2v) is 4.49. The molecule has 2 aromatic rings. The third-order valence-electron chi connectivity index (χ3n) is 3.17. The molecule has 0 saturated heterocycles. The molecule has 2 aromatic carbocycles. The predicted molar refractivity (Wildman–Crippen MR) is 84.5 cm³/mol. The molecule has 22 heavy (non-hydrogen) atoms. The number of benzene rings is 2. The fraction of sp³-hybridized carbons (Fsp3) is 0.111. The van der Waals surface area contributed by atoms with Crippen molar-refractivity contribution < 1.29 is 19.1 Å². The molecule has 0 heterocycles. The minimum atomic E-state index is -0.401. The van der Waals surface area contributed by atoms with Crippen molar-refractivity contribution in [3.63, 3.8) is 0 Å². The molecule has 0 spiro atoms. The maximum absolute atomic E-state index is 11.7. The van der Waals surface area contributed by atoms with Crippen molar-refractivity contribution in [1.29, 1.82) is 0 Å². The first-order valence-corrected chi connectivity index (χ1v) is 6.70. The number of esters is 2. The van der Waals surface area contributed by atoms with Gasteiger partial charge in [0.05, 0.1) is 25.3 Å². The number of rotatable bonds is 4. The first kappa shape index (κ1) is 15.5. The first-order valence-electron chi connectivity index (χ1n) is 6.70. The SMILES string of the molecule is COC(=O)c1ccccc1/C=C/c1ccccc1C(=O)OC. The van der Waals surface area contributed by atoms with Crippen LogP contribution < -0.4 is 0 Å². The molecule has 112 valence electrons. The number of methoxy groups -OCH3 is 2. The van der Waals surface area contributed by atoms with Crippen LogP contribution in [0.1, 0.15) is 31.8 Å². The number of carbonyl (C=O) groups excluding carboxylic acids is 2. The van der Waals surface area contributed by atoms with Crippen molar-refractivity contribution in [1.82, 2.24) is 0 Å². The summed E-state index contributed by atoms with van der Waals surface area (Å²) in [5.74, 6) is -0.803. The van der Waals surface area contributed by atoms with Gasteiger partial charge >= 0.3 is 11.9 Å². The molecule has 0 aromatic heterocycles. The lowest BCUT2D eigenvalue weighted by atomic mass is 10.0. The zero-order valence-corrected chi connectivity index (χ0v) is 12.4. The van der Waals surface area contributed by atoms with Crippen LogP contribution in [0.3, 0.4) is 0 Å². The Kier molecular flexibility index (Phi) is 5.09. The fourth-order valence-corrected chi connectivity index (χ4v) is 2.06. The topological polar surface area (TPSA) is 52.6 Å². The highest BCUT2D eigenvalue weighted by atomic mass is 16.5. The van der Waals surface area contributed by atoms with E-state index in [4.69, 9.17) is 9.47 Å². The van der Waals surface area contributed by atoms with E-state index in [1.165, 1.54) is 14.2 Å².